The van der Waals surface area contributed by atoms with Crippen LogP contribution in [0.15, 0.2) is 29.4 Å². The third-order valence-electron chi connectivity index (χ3n) is 3.73. The van der Waals surface area contributed by atoms with Gasteiger partial charge in [-0.15, -0.1) is 0 Å². The largest absolute Gasteiger partial charge is 0.459 e. The molecular formula is C19H24FN3O4. The molecular weight excluding hydrogens is 353 g/mol. The minimum Gasteiger partial charge on any atom is -0.459 e. The Morgan fingerprint density at radius 2 is 1.85 bits per heavy atom. The molecule has 1 aliphatic rings. The molecule has 1 aliphatic heterocycles. The summed E-state index contributed by atoms with van der Waals surface area (Å²) in [6, 6.07) is 5.72. The molecule has 0 saturated heterocycles. The highest BCUT2D eigenvalue weighted by molar-refractivity contribution is 6.39. The molecule has 0 atom stereocenters. The second kappa shape index (κ2) is 8.28. The van der Waals surface area contributed by atoms with E-state index in [9.17, 15) is 18.8 Å². The van der Waals surface area contributed by atoms with Crippen molar-refractivity contribution in [3.63, 3.8) is 0 Å². The minimum absolute atomic E-state index is 0.145. The maximum Gasteiger partial charge on any atom is 0.326 e. The number of ether oxygens (including phenoxy) is 1. The van der Waals surface area contributed by atoms with Gasteiger partial charge in [0.05, 0.1) is 6.54 Å². The molecule has 0 N–H and O–H groups in total. The molecule has 0 spiro atoms. The van der Waals surface area contributed by atoms with Crippen molar-refractivity contribution in [3.05, 3.63) is 35.6 Å². The molecule has 27 heavy (non-hydrogen) atoms. The highest BCUT2D eigenvalue weighted by atomic mass is 19.1. The number of nitrogens with zero attached hydrogens (tertiary/aromatic N) is 3. The van der Waals surface area contributed by atoms with Crippen LogP contribution in [-0.4, -0.2) is 52.6 Å². The van der Waals surface area contributed by atoms with Crippen LogP contribution in [-0.2, 0) is 25.7 Å². The molecule has 0 fully saturated rings. The van der Waals surface area contributed by atoms with Gasteiger partial charge in [-0.2, -0.15) is 5.10 Å². The number of hydrogen-bond acceptors (Lipinski definition) is 5. The molecule has 1 aromatic rings. The van der Waals surface area contributed by atoms with Crippen LogP contribution in [0.2, 0.25) is 0 Å². The normalized spacial score (nSPS) is 14.6. The van der Waals surface area contributed by atoms with E-state index in [1.165, 1.54) is 29.1 Å². The van der Waals surface area contributed by atoms with E-state index in [1.807, 2.05) is 0 Å². The van der Waals surface area contributed by atoms with E-state index in [0.717, 1.165) is 0 Å². The number of amides is 2. The second-order valence-corrected chi connectivity index (χ2v) is 7.37. The topological polar surface area (TPSA) is 79.3 Å². The van der Waals surface area contributed by atoms with Gasteiger partial charge in [0.25, 0.3) is 5.91 Å². The Bertz CT molecular complexity index is 753. The SMILES string of the molecule is CN(CC(=O)OC(C)(C)C)C(=O)C1=NN(Cc2ccc(F)cc2)C(=O)CC1. The predicted octanol–water partition coefficient (Wildman–Crippen LogP) is 2.10. The van der Waals surface area contributed by atoms with Crippen LogP contribution in [0.5, 0.6) is 0 Å². The van der Waals surface area contributed by atoms with Crippen LogP contribution in [0.25, 0.3) is 0 Å². The first-order valence-electron chi connectivity index (χ1n) is 8.65. The predicted molar refractivity (Wildman–Crippen MR) is 97.1 cm³/mol. The number of carbonyl (C=O) groups is 3. The van der Waals surface area contributed by atoms with Gasteiger partial charge in [0.1, 0.15) is 23.7 Å². The number of halogens is 1. The number of esters is 1. The molecule has 0 radical (unpaired) electrons. The summed E-state index contributed by atoms with van der Waals surface area (Å²) >= 11 is 0. The van der Waals surface area contributed by atoms with Crippen molar-refractivity contribution in [2.24, 2.45) is 5.10 Å². The summed E-state index contributed by atoms with van der Waals surface area (Å²) in [5, 5.41) is 5.35. The molecule has 2 amide bonds. The monoisotopic (exact) mass is 377 g/mol. The van der Waals surface area contributed by atoms with E-state index in [-0.39, 0.29) is 43.4 Å². The van der Waals surface area contributed by atoms with Crippen molar-refractivity contribution in [2.45, 2.75) is 45.8 Å². The Morgan fingerprint density at radius 3 is 2.44 bits per heavy atom. The van der Waals surface area contributed by atoms with Crippen molar-refractivity contribution < 1.29 is 23.5 Å². The van der Waals surface area contributed by atoms with Gasteiger partial charge in [0.2, 0.25) is 5.91 Å². The van der Waals surface area contributed by atoms with Crippen molar-refractivity contribution in [1.82, 2.24) is 9.91 Å². The summed E-state index contributed by atoms with van der Waals surface area (Å²) in [6.45, 7) is 5.18. The van der Waals surface area contributed by atoms with Crippen LogP contribution in [0.1, 0.15) is 39.2 Å². The summed E-state index contributed by atoms with van der Waals surface area (Å²) in [7, 11) is 1.48. The molecule has 2 rings (SSSR count). The fraction of sp³-hybridized carbons (Fsp3) is 0.474. The first kappa shape index (κ1) is 20.5. The Balaban J connectivity index is 2.05. The summed E-state index contributed by atoms with van der Waals surface area (Å²) in [5.41, 5.74) is 0.258. The Morgan fingerprint density at radius 1 is 1.22 bits per heavy atom. The van der Waals surface area contributed by atoms with E-state index < -0.39 is 17.5 Å². The lowest BCUT2D eigenvalue weighted by atomic mass is 10.1. The van der Waals surface area contributed by atoms with Gasteiger partial charge in [0, 0.05) is 19.9 Å². The molecule has 0 bridgehead atoms. The smallest absolute Gasteiger partial charge is 0.326 e. The van der Waals surface area contributed by atoms with Gasteiger partial charge >= 0.3 is 5.97 Å². The van der Waals surface area contributed by atoms with Crippen molar-refractivity contribution in [1.29, 1.82) is 0 Å². The number of rotatable bonds is 5. The second-order valence-electron chi connectivity index (χ2n) is 7.37. The van der Waals surface area contributed by atoms with Gasteiger partial charge in [0.15, 0.2) is 0 Å². The average molecular weight is 377 g/mol. The number of hydrazone groups is 1. The zero-order chi connectivity index (χ0) is 20.2. The fourth-order valence-electron chi connectivity index (χ4n) is 2.50. The van der Waals surface area contributed by atoms with E-state index >= 15 is 0 Å². The van der Waals surface area contributed by atoms with Crippen LogP contribution < -0.4 is 0 Å². The molecule has 0 aromatic heterocycles. The van der Waals surface area contributed by atoms with Crippen molar-refractivity contribution in [2.75, 3.05) is 13.6 Å². The highest BCUT2D eigenvalue weighted by Crippen LogP contribution is 2.15. The summed E-state index contributed by atoms with van der Waals surface area (Å²) in [4.78, 5) is 37.7. The number of carbonyl (C=O) groups excluding carboxylic acids is 3. The lowest BCUT2D eigenvalue weighted by Gasteiger charge is -2.26. The molecule has 0 saturated carbocycles. The Kier molecular flexibility index (Phi) is 6.30. The van der Waals surface area contributed by atoms with Gasteiger partial charge in [-0.25, -0.2) is 9.40 Å². The van der Waals surface area contributed by atoms with Crippen LogP contribution >= 0.6 is 0 Å². The Hall–Kier alpha value is -2.77. The summed E-state index contributed by atoms with van der Waals surface area (Å²) in [6.07, 6.45) is 0.349. The van der Waals surface area contributed by atoms with Gasteiger partial charge in [-0.05, 0) is 38.5 Å². The molecule has 1 aromatic carbocycles. The third kappa shape index (κ3) is 6.16. The van der Waals surface area contributed by atoms with Crippen molar-refractivity contribution >= 4 is 23.5 Å². The number of hydrogen-bond donors (Lipinski definition) is 0. The van der Waals surface area contributed by atoms with E-state index in [4.69, 9.17) is 4.74 Å². The molecule has 0 aliphatic carbocycles. The lowest BCUT2D eigenvalue weighted by Crippen LogP contribution is -2.42. The molecule has 0 unspecified atom stereocenters. The molecule has 1 heterocycles. The summed E-state index contributed by atoms with van der Waals surface area (Å²) < 4.78 is 18.2. The fourth-order valence-corrected chi connectivity index (χ4v) is 2.50. The first-order chi connectivity index (χ1) is 12.5. The highest BCUT2D eigenvalue weighted by Gasteiger charge is 2.28. The third-order valence-corrected chi connectivity index (χ3v) is 3.73. The quantitative estimate of drug-likeness (QED) is 0.736. The summed E-state index contributed by atoms with van der Waals surface area (Å²) in [5.74, 6) is -1.54. The standard InChI is InChI=1S/C19H24FN3O4/c1-19(2,3)27-17(25)12-22(4)18(26)15-9-10-16(24)23(21-15)11-13-5-7-14(20)8-6-13/h5-8H,9-12H2,1-4H3. The van der Waals surface area contributed by atoms with Gasteiger partial charge in [-0.3, -0.25) is 14.4 Å². The van der Waals surface area contributed by atoms with Crippen LogP contribution in [0.4, 0.5) is 4.39 Å². The zero-order valence-electron chi connectivity index (χ0n) is 16.0. The van der Waals surface area contributed by atoms with Crippen LogP contribution in [0.3, 0.4) is 0 Å². The Labute approximate surface area is 157 Å². The number of benzene rings is 1. The lowest BCUT2D eigenvalue weighted by molar-refractivity contribution is -0.157. The van der Waals surface area contributed by atoms with E-state index in [2.05, 4.69) is 5.10 Å². The molecule has 7 nitrogen and oxygen atoms in total. The van der Waals surface area contributed by atoms with E-state index in [1.54, 1.807) is 32.9 Å². The maximum atomic E-state index is 13.0. The average Bonchev–Trinajstić information content (AvgIpc) is 2.56. The minimum atomic E-state index is -0.637. The maximum absolute atomic E-state index is 13.0. The first-order valence-corrected chi connectivity index (χ1v) is 8.65. The van der Waals surface area contributed by atoms with Gasteiger partial charge in [-0.1, -0.05) is 12.1 Å². The van der Waals surface area contributed by atoms with Crippen molar-refractivity contribution in [3.8, 4) is 0 Å². The molecule has 8 heteroatoms. The zero-order valence-corrected chi connectivity index (χ0v) is 16.0. The van der Waals surface area contributed by atoms with E-state index in [0.29, 0.717) is 5.56 Å². The van der Waals surface area contributed by atoms with Crippen LogP contribution in [0, 0.1) is 5.82 Å². The number of likely N-dealkylation sites (N-methyl/N-ethyl adjacent to an activating group) is 1. The molecule has 146 valence electrons. The van der Waals surface area contributed by atoms with Gasteiger partial charge < -0.3 is 9.64 Å².